The number of hydrogen-bond donors (Lipinski definition) is 5. The van der Waals surface area contributed by atoms with E-state index in [1.54, 1.807) is 0 Å². The van der Waals surface area contributed by atoms with Gasteiger partial charge in [-0.2, -0.15) is 0 Å². The molecule has 0 aliphatic rings. The van der Waals surface area contributed by atoms with Gasteiger partial charge in [-0.25, -0.2) is 9.59 Å². The second kappa shape index (κ2) is 8.16. The lowest BCUT2D eigenvalue weighted by atomic mass is 10.0. The number of carbonyl (C=O) groups is 2. The largest absolute Gasteiger partial charge is 0.508 e. The van der Waals surface area contributed by atoms with E-state index in [2.05, 4.69) is 5.32 Å². The van der Waals surface area contributed by atoms with Gasteiger partial charge in [-0.3, -0.25) is 4.79 Å². The molecule has 1 amide bonds. The highest BCUT2D eigenvalue weighted by Crippen LogP contribution is 2.32. The van der Waals surface area contributed by atoms with Crippen LogP contribution in [0.3, 0.4) is 0 Å². The number of fused-ring (bicyclic) bond motifs is 1. The molecule has 2 aromatic carbocycles. The minimum Gasteiger partial charge on any atom is -0.508 e. The number of phenols is 3. The summed E-state index contributed by atoms with van der Waals surface area (Å²) in [4.78, 5) is 36.3. The molecule has 5 N–H and O–H groups in total. The van der Waals surface area contributed by atoms with Crippen LogP contribution in [-0.2, 0) is 22.4 Å². The van der Waals surface area contributed by atoms with E-state index in [0.29, 0.717) is 11.1 Å². The summed E-state index contributed by atoms with van der Waals surface area (Å²) in [7, 11) is 0. The zero-order valence-corrected chi connectivity index (χ0v) is 15.9. The van der Waals surface area contributed by atoms with Gasteiger partial charge in [0.2, 0.25) is 5.91 Å². The third kappa shape index (κ3) is 4.35. The Morgan fingerprint density at radius 1 is 1.07 bits per heavy atom. The van der Waals surface area contributed by atoms with E-state index < -0.39 is 30.0 Å². The summed E-state index contributed by atoms with van der Waals surface area (Å²) in [6, 6.07) is 6.90. The van der Waals surface area contributed by atoms with E-state index >= 15 is 0 Å². The number of phenolic OH excluding ortho intramolecular Hbond substituents is 3. The lowest BCUT2D eigenvalue weighted by Gasteiger charge is -2.15. The number of nitrogens with one attached hydrogen (secondary N) is 1. The molecular formula is C21H19NO8. The molecule has 0 saturated carbocycles. The third-order valence-corrected chi connectivity index (χ3v) is 4.69. The fourth-order valence-electron chi connectivity index (χ4n) is 3.19. The van der Waals surface area contributed by atoms with Crippen LogP contribution < -0.4 is 10.9 Å². The molecule has 0 aliphatic heterocycles. The highest BCUT2D eigenvalue weighted by molar-refractivity contribution is 5.90. The van der Waals surface area contributed by atoms with Crippen molar-refractivity contribution in [3.63, 3.8) is 0 Å². The van der Waals surface area contributed by atoms with Crippen LogP contribution in [0.25, 0.3) is 11.0 Å². The fraction of sp³-hybridized carbons (Fsp3) is 0.190. The Balaban J connectivity index is 1.83. The smallest absolute Gasteiger partial charge is 0.340 e. The molecule has 156 valence electrons. The minimum atomic E-state index is -1.26. The van der Waals surface area contributed by atoms with Crippen LogP contribution in [0.2, 0.25) is 0 Å². The maximum atomic E-state index is 12.5. The predicted octanol–water partition coefficient (Wildman–Crippen LogP) is 1.57. The van der Waals surface area contributed by atoms with Gasteiger partial charge in [-0.1, -0.05) is 12.1 Å². The Labute approximate surface area is 169 Å². The Morgan fingerprint density at radius 3 is 2.37 bits per heavy atom. The van der Waals surface area contributed by atoms with Crippen molar-refractivity contribution in [2.24, 2.45) is 0 Å². The molecule has 9 nitrogen and oxygen atoms in total. The second-order valence-corrected chi connectivity index (χ2v) is 6.84. The standard InChI is InChI=1S/C21H19NO8/c1-10-14(21(29)30-17-8-13(24)7-16(25)19(10)17)9-18(26)22-15(20(27)28)6-11-2-4-12(23)5-3-11/h2-5,7-8,15,23-25H,6,9H2,1H3,(H,22,26)(H,27,28). The van der Waals surface area contributed by atoms with Crippen LogP contribution in [0.1, 0.15) is 16.7 Å². The van der Waals surface area contributed by atoms with Crippen molar-refractivity contribution in [2.45, 2.75) is 25.8 Å². The van der Waals surface area contributed by atoms with Crippen molar-refractivity contribution in [1.29, 1.82) is 0 Å². The van der Waals surface area contributed by atoms with Crippen LogP contribution in [0.5, 0.6) is 17.2 Å². The Hall–Kier alpha value is -4.01. The van der Waals surface area contributed by atoms with Crippen LogP contribution in [0, 0.1) is 6.92 Å². The molecule has 30 heavy (non-hydrogen) atoms. The van der Waals surface area contributed by atoms with E-state index in [1.165, 1.54) is 37.3 Å². The molecule has 0 saturated heterocycles. The van der Waals surface area contributed by atoms with E-state index in [0.717, 1.165) is 6.07 Å². The maximum absolute atomic E-state index is 12.5. The number of aryl methyl sites for hydroxylation is 1. The van der Waals surface area contributed by atoms with Gasteiger partial charge in [0.05, 0.1) is 17.4 Å². The van der Waals surface area contributed by atoms with Gasteiger partial charge in [0.25, 0.3) is 0 Å². The minimum absolute atomic E-state index is 0.0211. The number of amides is 1. The van der Waals surface area contributed by atoms with Crippen LogP contribution >= 0.6 is 0 Å². The molecule has 1 atom stereocenters. The lowest BCUT2D eigenvalue weighted by Crippen LogP contribution is -2.43. The summed E-state index contributed by atoms with van der Waals surface area (Å²) < 4.78 is 5.10. The van der Waals surface area contributed by atoms with Crippen LogP contribution in [0.4, 0.5) is 0 Å². The highest BCUT2D eigenvalue weighted by Gasteiger charge is 2.23. The van der Waals surface area contributed by atoms with Gasteiger partial charge >= 0.3 is 11.6 Å². The van der Waals surface area contributed by atoms with Crippen molar-refractivity contribution in [2.75, 3.05) is 0 Å². The van der Waals surface area contributed by atoms with Gasteiger partial charge in [0.1, 0.15) is 28.9 Å². The molecule has 0 bridgehead atoms. The number of aliphatic carboxylic acids is 1. The van der Waals surface area contributed by atoms with E-state index in [9.17, 15) is 34.8 Å². The second-order valence-electron chi connectivity index (χ2n) is 6.84. The first kappa shape index (κ1) is 20.7. The molecule has 0 fully saturated rings. The maximum Gasteiger partial charge on any atom is 0.340 e. The summed E-state index contributed by atoms with van der Waals surface area (Å²) in [6.45, 7) is 1.52. The van der Waals surface area contributed by atoms with Crippen molar-refractivity contribution in [3.8, 4) is 17.2 Å². The first-order valence-corrected chi connectivity index (χ1v) is 8.94. The molecular weight excluding hydrogens is 394 g/mol. The third-order valence-electron chi connectivity index (χ3n) is 4.69. The quantitative estimate of drug-likeness (QED) is 0.381. The number of hydrogen-bond acceptors (Lipinski definition) is 7. The monoisotopic (exact) mass is 413 g/mol. The van der Waals surface area contributed by atoms with Gasteiger partial charge in [-0.15, -0.1) is 0 Å². The predicted molar refractivity (Wildman–Crippen MR) is 106 cm³/mol. The normalized spacial score (nSPS) is 11.9. The molecule has 0 spiro atoms. The van der Waals surface area contributed by atoms with Gasteiger partial charge in [0, 0.05) is 18.6 Å². The van der Waals surface area contributed by atoms with E-state index in [4.69, 9.17) is 4.42 Å². The zero-order valence-electron chi connectivity index (χ0n) is 15.9. The SMILES string of the molecule is Cc1c(CC(=O)NC(Cc2ccc(O)cc2)C(=O)O)c(=O)oc2cc(O)cc(O)c12. The fourth-order valence-corrected chi connectivity index (χ4v) is 3.19. The Kier molecular flexibility index (Phi) is 5.63. The first-order valence-electron chi connectivity index (χ1n) is 8.94. The van der Waals surface area contributed by atoms with E-state index in [1.807, 2.05) is 0 Å². The van der Waals surface area contributed by atoms with Crippen molar-refractivity contribution in [1.82, 2.24) is 5.32 Å². The van der Waals surface area contributed by atoms with Crippen molar-refractivity contribution in [3.05, 3.63) is 63.5 Å². The first-order chi connectivity index (χ1) is 14.2. The Morgan fingerprint density at radius 2 is 1.73 bits per heavy atom. The summed E-state index contributed by atoms with van der Waals surface area (Å²) in [5.41, 5.74) is -0.0128. The van der Waals surface area contributed by atoms with Gasteiger partial charge < -0.3 is 30.2 Å². The summed E-state index contributed by atoms with van der Waals surface area (Å²) >= 11 is 0. The molecule has 1 heterocycles. The van der Waals surface area contributed by atoms with Crippen molar-refractivity contribution >= 4 is 22.8 Å². The molecule has 1 aromatic heterocycles. The van der Waals surface area contributed by atoms with Gasteiger partial charge in [-0.05, 0) is 30.2 Å². The average molecular weight is 413 g/mol. The summed E-state index contributed by atoms with van der Waals surface area (Å²) in [6.07, 6.45) is -0.476. The highest BCUT2D eigenvalue weighted by atomic mass is 16.4. The summed E-state index contributed by atoms with van der Waals surface area (Å²) in [5, 5.41) is 40.9. The number of carbonyl (C=O) groups excluding carboxylic acids is 1. The molecule has 1 unspecified atom stereocenters. The molecule has 0 radical (unpaired) electrons. The van der Waals surface area contributed by atoms with Gasteiger partial charge in [0.15, 0.2) is 0 Å². The Bertz CT molecular complexity index is 1180. The molecule has 0 aliphatic carbocycles. The topological polar surface area (TPSA) is 157 Å². The number of benzene rings is 2. The lowest BCUT2D eigenvalue weighted by molar-refractivity contribution is -0.141. The summed E-state index contributed by atoms with van der Waals surface area (Å²) in [5.74, 6) is -2.54. The number of aromatic hydroxyl groups is 3. The number of rotatable bonds is 6. The van der Waals surface area contributed by atoms with E-state index in [-0.39, 0.29) is 40.2 Å². The zero-order chi connectivity index (χ0) is 22.0. The molecule has 9 heteroatoms. The van der Waals surface area contributed by atoms with Crippen LogP contribution in [-0.4, -0.2) is 38.3 Å². The average Bonchev–Trinajstić information content (AvgIpc) is 2.65. The number of carboxylic acids is 1. The van der Waals surface area contributed by atoms with Crippen molar-refractivity contribution < 1.29 is 34.4 Å². The van der Waals surface area contributed by atoms with Crippen LogP contribution in [0.15, 0.2) is 45.6 Å². The number of carboxylic acid groups (broad SMARTS) is 1. The molecule has 3 rings (SSSR count). The molecule has 3 aromatic rings.